The molecule has 1 aliphatic heterocycles. The van der Waals surface area contributed by atoms with E-state index in [1.165, 1.54) is 16.0 Å². The van der Waals surface area contributed by atoms with Crippen LogP contribution in [0.4, 0.5) is 0 Å². The lowest BCUT2D eigenvalue weighted by atomic mass is 10.3. The fraction of sp³-hybridized carbons (Fsp3) is 0.222. The molecule has 8 nitrogen and oxygen atoms in total. The number of nitriles is 1. The van der Waals surface area contributed by atoms with E-state index < -0.39 is 0 Å². The Balaban J connectivity index is 1.59. The van der Waals surface area contributed by atoms with E-state index in [0.29, 0.717) is 22.5 Å². The van der Waals surface area contributed by atoms with Crippen LogP contribution in [-0.4, -0.2) is 36.6 Å². The van der Waals surface area contributed by atoms with Crippen LogP contribution in [0.3, 0.4) is 0 Å². The Morgan fingerprint density at radius 2 is 2.29 bits per heavy atom. The first-order valence-electron chi connectivity index (χ1n) is 8.52. The molecule has 0 saturated carbocycles. The predicted molar refractivity (Wildman–Crippen MR) is 109 cm³/mol. The van der Waals surface area contributed by atoms with Crippen LogP contribution in [0.5, 0.6) is 0 Å². The maximum Gasteiger partial charge on any atom is 0.291 e. The number of fused-ring (bicyclic) bond motifs is 3. The molecule has 5 rings (SSSR count). The number of aryl methyl sites for hydroxylation is 1. The highest BCUT2D eigenvalue weighted by Crippen LogP contribution is 2.31. The number of nitrogens with zero attached hydrogens (tertiary/aromatic N) is 7. The van der Waals surface area contributed by atoms with Gasteiger partial charge in [0.2, 0.25) is 0 Å². The van der Waals surface area contributed by atoms with Gasteiger partial charge in [-0.1, -0.05) is 6.08 Å². The minimum atomic E-state index is -0.216. The summed E-state index contributed by atoms with van der Waals surface area (Å²) in [6, 6.07) is 2.10. The van der Waals surface area contributed by atoms with Crippen molar-refractivity contribution in [1.29, 1.82) is 5.26 Å². The molecular weight excluding hydrogens is 394 g/mol. The maximum absolute atomic E-state index is 13.0. The largest absolute Gasteiger partial charge is 0.323 e. The second-order valence-corrected chi connectivity index (χ2v) is 8.28. The summed E-state index contributed by atoms with van der Waals surface area (Å²) in [7, 11) is 1.84. The molecule has 0 bridgehead atoms. The average molecular weight is 407 g/mol. The second-order valence-electron chi connectivity index (χ2n) is 6.34. The summed E-state index contributed by atoms with van der Waals surface area (Å²) in [4.78, 5) is 26.8. The van der Waals surface area contributed by atoms with Crippen molar-refractivity contribution in [3.05, 3.63) is 49.8 Å². The topological polar surface area (TPSA) is 102 Å². The second kappa shape index (κ2) is 6.47. The van der Waals surface area contributed by atoms with Gasteiger partial charge in [-0.15, -0.1) is 22.7 Å². The number of hydrogen-bond donors (Lipinski definition) is 0. The highest BCUT2D eigenvalue weighted by atomic mass is 32.1. The Morgan fingerprint density at radius 1 is 1.39 bits per heavy atom. The summed E-state index contributed by atoms with van der Waals surface area (Å²) in [5.74, 6) is 0. The Kier molecular flexibility index (Phi) is 3.92. The van der Waals surface area contributed by atoms with Gasteiger partial charge in [-0.2, -0.15) is 10.4 Å². The van der Waals surface area contributed by atoms with Gasteiger partial charge in [-0.25, -0.2) is 14.6 Å². The smallest absolute Gasteiger partial charge is 0.291 e. The molecule has 1 aliphatic rings. The summed E-state index contributed by atoms with van der Waals surface area (Å²) < 4.78 is 4.13. The molecule has 0 atom stereocenters. The zero-order valence-electron chi connectivity index (χ0n) is 14.8. The molecule has 4 aromatic rings. The SMILES string of the molecule is Cn1c2nc(CC3=NCC=C3)sc2c2cnn(Cc3ncsc3C#N)c(=O)c21. The van der Waals surface area contributed by atoms with Crippen LogP contribution in [0, 0.1) is 11.3 Å². The minimum Gasteiger partial charge on any atom is -0.323 e. The molecule has 5 heterocycles. The van der Waals surface area contributed by atoms with Gasteiger partial charge >= 0.3 is 0 Å². The third-order valence-corrected chi connectivity index (χ3v) is 6.51. The van der Waals surface area contributed by atoms with Crippen molar-refractivity contribution >= 4 is 49.6 Å². The standard InChI is InChI=1S/C18H13N7OS2/c1-24-15-11(16-17(24)23-14(28-16)5-10-3-2-4-20-10)7-22-25(18(15)26)8-12-13(6-19)27-9-21-12/h2-3,7,9H,4-5,8H2,1H3. The van der Waals surface area contributed by atoms with Crippen LogP contribution in [0.25, 0.3) is 21.3 Å². The molecule has 0 aromatic carbocycles. The van der Waals surface area contributed by atoms with Crippen molar-refractivity contribution in [2.24, 2.45) is 12.0 Å². The monoisotopic (exact) mass is 407 g/mol. The minimum absolute atomic E-state index is 0.171. The number of hydrogen-bond acceptors (Lipinski definition) is 8. The Labute approximate surface area is 166 Å². The van der Waals surface area contributed by atoms with Gasteiger partial charge in [0.05, 0.1) is 35.2 Å². The molecule has 0 spiro atoms. The van der Waals surface area contributed by atoms with E-state index in [9.17, 15) is 4.79 Å². The van der Waals surface area contributed by atoms with Crippen LogP contribution in [-0.2, 0) is 20.0 Å². The van der Waals surface area contributed by atoms with Gasteiger partial charge < -0.3 is 4.57 Å². The van der Waals surface area contributed by atoms with Gasteiger partial charge in [0.25, 0.3) is 5.56 Å². The quantitative estimate of drug-likeness (QED) is 0.516. The fourth-order valence-corrected chi connectivity index (χ4v) is 5.03. The van der Waals surface area contributed by atoms with E-state index in [-0.39, 0.29) is 12.1 Å². The summed E-state index contributed by atoms with van der Waals surface area (Å²) in [5.41, 5.74) is 4.31. The lowest BCUT2D eigenvalue weighted by Crippen LogP contribution is -2.25. The highest BCUT2D eigenvalue weighted by Gasteiger charge is 2.19. The molecule has 0 radical (unpaired) electrons. The van der Waals surface area contributed by atoms with Crippen LogP contribution < -0.4 is 5.56 Å². The summed E-state index contributed by atoms with van der Waals surface area (Å²) in [6.45, 7) is 0.907. The molecule has 0 unspecified atom stereocenters. The molecule has 10 heteroatoms. The van der Waals surface area contributed by atoms with E-state index in [2.05, 4.69) is 21.1 Å². The van der Waals surface area contributed by atoms with E-state index in [0.717, 1.165) is 33.0 Å². The number of aliphatic imine (C=N–C) groups is 1. The molecule has 0 saturated heterocycles. The van der Waals surface area contributed by atoms with E-state index in [1.54, 1.807) is 23.0 Å². The molecule has 0 fully saturated rings. The molecule has 0 N–H and O–H groups in total. The van der Waals surface area contributed by atoms with Crippen molar-refractivity contribution in [1.82, 2.24) is 24.3 Å². The number of rotatable bonds is 4. The average Bonchev–Trinajstić information content (AvgIpc) is 3.46. The van der Waals surface area contributed by atoms with E-state index in [4.69, 9.17) is 10.2 Å². The summed E-state index contributed by atoms with van der Waals surface area (Å²) in [5, 5.41) is 15.2. The molecule has 138 valence electrons. The molecule has 0 aliphatic carbocycles. The van der Waals surface area contributed by atoms with Gasteiger partial charge in [0.1, 0.15) is 21.5 Å². The van der Waals surface area contributed by atoms with Crippen LogP contribution in [0.2, 0.25) is 0 Å². The van der Waals surface area contributed by atoms with Gasteiger partial charge in [0, 0.05) is 24.6 Å². The predicted octanol–water partition coefficient (Wildman–Crippen LogP) is 2.27. The third-order valence-electron chi connectivity index (χ3n) is 4.65. The number of allylic oxidation sites excluding steroid dienone is 1. The molecule has 4 aromatic heterocycles. The summed E-state index contributed by atoms with van der Waals surface area (Å²) >= 11 is 2.83. The van der Waals surface area contributed by atoms with Gasteiger partial charge in [0.15, 0.2) is 5.65 Å². The highest BCUT2D eigenvalue weighted by molar-refractivity contribution is 7.19. The molecule has 28 heavy (non-hydrogen) atoms. The number of aromatic nitrogens is 5. The van der Waals surface area contributed by atoms with Gasteiger partial charge in [-0.3, -0.25) is 9.79 Å². The van der Waals surface area contributed by atoms with Crippen molar-refractivity contribution < 1.29 is 0 Å². The van der Waals surface area contributed by atoms with Crippen molar-refractivity contribution in [2.45, 2.75) is 13.0 Å². The van der Waals surface area contributed by atoms with Crippen LogP contribution >= 0.6 is 22.7 Å². The van der Waals surface area contributed by atoms with Crippen LogP contribution in [0.15, 0.2) is 33.6 Å². The normalized spacial score (nSPS) is 13.5. The first-order valence-corrected chi connectivity index (χ1v) is 10.2. The lowest BCUT2D eigenvalue weighted by molar-refractivity contribution is 0.634. The molecule has 0 amide bonds. The van der Waals surface area contributed by atoms with Crippen molar-refractivity contribution in [2.75, 3.05) is 6.54 Å². The maximum atomic E-state index is 13.0. The van der Waals surface area contributed by atoms with Crippen molar-refractivity contribution in [3.63, 3.8) is 0 Å². The lowest BCUT2D eigenvalue weighted by Gasteiger charge is -2.04. The Hall–Kier alpha value is -3.16. The molecular formula is C18H13N7OS2. The zero-order chi connectivity index (χ0) is 19.3. The first-order chi connectivity index (χ1) is 13.7. The third kappa shape index (κ3) is 2.59. The summed E-state index contributed by atoms with van der Waals surface area (Å²) in [6.07, 6.45) is 6.46. The Morgan fingerprint density at radius 3 is 3.07 bits per heavy atom. The zero-order valence-corrected chi connectivity index (χ0v) is 16.4. The van der Waals surface area contributed by atoms with Gasteiger partial charge in [-0.05, 0) is 6.08 Å². The Bertz CT molecular complexity index is 1390. The van der Waals surface area contributed by atoms with Crippen molar-refractivity contribution in [3.8, 4) is 6.07 Å². The first kappa shape index (κ1) is 17.0. The van der Waals surface area contributed by atoms with Crippen LogP contribution in [0.1, 0.15) is 15.6 Å². The van der Waals surface area contributed by atoms with E-state index >= 15 is 0 Å². The number of thiazole rings is 2. The fourth-order valence-electron chi connectivity index (χ4n) is 3.32. The van der Waals surface area contributed by atoms with E-state index in [1.807, 2.05) is 23.8 Å².